The molecule has 3 nitrogen and oxygen atoms in total. The molecular formula is C11H13NO2. The number of hydrogen-bond acceptors (Lipinski definition) is 3. The molecule has 0 radical (unpaired) electrons. The number of aromatic hydroxyl groups is 1. The van der Waals surface area contributed by atoms with Gasteiger partial charge in [-0.1, -0.05) is 12.1 Å². The van der Waals surface area contributed by atoms with Crippen molar-refractivity contribution in [2.75, 3.05) is 5.32 Å². The Labute approximate surface area is 83.1 Å². The molecule has 0 fully saturated rings. The first-order valence-electron chi connectivity index (χ1n) is 4.33. The van der Waals surface area contributed by atoms with Crippen LogP contribution in [0.25, 0.3) is 0 Å². The Morgan fingerprint density at radius 1 is 1.36 bits per heavy atom. The Hall–Kier alpha value is -1.77. The summed E-state index contributed by atoms with van der Waals surface area (Å²) in [6, 6.07) is 6.88. The van der Waals surface area contributed by atoms with Crippen molar-refractivity contribution in [1.82, 2.24) is 0 Å². The van der Waals surface area contributed by atoms with Gasteiger partial charge in [0.2, 0.25) is 0 Å². The maximum atomic E-state index is 10.8. The third kappa shape index (κ3) is 2.94. The van der Waals surface area contributed by atoms with Crippen molar-refractivity contribution >= 4 is 11.5 Å². The lowest BCUT2D eigenvalue weighted by molar-refractivity contribution is -0.112. The van der Waals surface area contributed by atoms with Crippen LogP contribution in [0.4, 0.5) is 5.69 Å². The van der Waals surface area contributed by atoms with Gasteiger partial charge in [0.25, 0.3) is 0 Å². The van der Waals surface area contributed by atoms with Gasteiger partial charge in [-0.05, 0) is 32.1 Å². The van der Waals surface area contributed by atoms with Gasteiger partial charge in [0.05, 0.1) is 5.69 Å². The molecule has 74 valence electrons. The van der Waals surface area contributed by atoms with Gasteiger partial charge >= 0.3 is 0 Å². The summed E-state index contributed by atoms with van der Waals surface area (Å²) < 4.78 is 0. The summed E-state index contributed by atoms with van der Waals surface area (Å²) >= 11 is 0. The summed E-state index contributed by atoms with van der Waals surface area (Å²) in [7, 11) is 0. The van der Waals surface area contributed by atoms with E-state index >= 15 is 0 Å². The van der Waals surface area contributed by atoms with Crippen molar-refractivity contribution in [1.29, 1.82) is 0 Å². The molecule has 0 aliphatic rings. The van der Waals surface area contributed by atoms with Crippen molar-refractivity contribution in [2.24, 2.45) is 0 Å². The minimum absolute atomic E-state index is 0.0228. The first-order valence-corrected chi connectivity index (χ1v) is 4.33. The Bertz CT molecular complexity index is 369. The van der Waals surface area contributed by atoms with Crippen LogP contribution in [0, 0.1) is 0 Å². The number of para-hydroxylation sites is 2. The molecule has 0 saturated carbocycles. The van der Waals surface area contributed by atoms with Gasteiger partial charge in [-0.15, -0.1) is 0 Å². The summed E-state index contributed by atoms with van der Waals surface area (Å²) in [5, 5.41) is 12.4. The van der Waals surface area contributed by atoms with Crippen LogP contribution in [-0.2, 0) is 4.79 Å². The van der Waals surface area contributed by atoms with E-state index in [1.807, 2.05) is 6.07 Å². The molecule has 0 atom stereocenters. The van der Waals surface area contributed by atoms with Crippen molar-refractivity contribution in [2.45, 2.75) is 13.8 Å². The van der Waals surface area contributed by atoms with Gasteiger partial charge in [0, 0.05) is 5.70 Å². The summed E-state index contributed by atoms with van der Waals surface area (Å²) in [5.41, 5.74) is 1.31. The number of carbonyl (C=O) groups excluding carboxylic acids is 1. The highest BCUT2D eigenvalue weighted by atomic mass is 16.3. The third-order valence-electron chi connectivity index (χ3n) is 1.66. The van der Waals surface area contributed by atoms with Crippen LogP contribution >= 0.6 is 0 Å². The number of carbonyl (C=O) groups is 1. The molecule has 0 aliphatic heterocycles. The largest absolute Gasteiger partial charge is 0.506 e. The SMILES string of the molecule is CC(=O)/C=C(/C)Nc1ccccc1O. The Balaban J connectivity index is 2.79. The van der Waals surface area contributed by atoms with Crippen LogP contribution in [0.15, 0.2) is 36.0 Å². The van der Waals surface area contributed by atoms with E-state index in [2.05, 4.69) is 5.32 Å². The van der Waals surface area contributed by atoms with Gasteiger partial charge in [0.15, 0.2) is 5.78 Å². The highest BCUT2D eigenvalue weighted by Crippen LogP contribution is 2.22. The molecule has 14 heavy (non-hydrogen) atoms. The van der Waals surface area contributed by atoms with Gasteiger partial charge in [-0.25, -0.2) is 0 Å². The number of anilines is 1. The summed E-state index contributed by atoms with van der Waals surface area (Å²) in [6.07, 6.45) is 1.48. The van der Waals surface area contributed by atoms with Gasteiger partial charge in [0.1, 0.15) is 5.75 Å². The van der Waals surface area contributed by atoms with E-state index < -0.39 is 0 Å². The highest BCUT2D eigenvalue weighted by Gasteiger charge is 1.98. The molecule has 1 rings (SSSR count). The van der Waals surface area contributed by atoms with Gasteiger partial charge in [-0.2, -0.15) is 0 Å². The zero-order chi connectivity index (χ0) is 10.6. The Morgan fingerprint density at radius 3 is 2.57 bits per heavy atom. The maximum Gasteiger partial charge on any atom is 0.154 e. The van der Waals surface area contributed by atoms with Crippen LogP contribution in [-0.4, -0.2) is 10.9 Å². The quantitative estimate of drug-likeness (QED) is 0.569. The first kappa shape index (κ1) is 10.3. The number of benzene rings is 1. The molecule has 1 aromatic rings. The number of allylic oxidation sites excluding steroid dienone is 2. The fourth-order valence-corrected chi connectivity index (χ4v) is 1.13. The van der Waals surface area contributed by atoms with Crippen LogP contribution in [0.3, 0.4) is 0 Å². The minimum atomic E-state index is -0.0228. The van der Waals surface area contributed by atoms with E-state index in [9.17, 15) is 9.90 Å². The van der Waals surface area contributed by atoms with Crippen molar-refractivity contribution in [3.8, 4) is 5.75 Å². The van der Waals surface area contributed by atoms with E-state index in [1.54, 1.807) is 25.1 Å². The first-order chi connectivity index (χ1) is 6.59. The molecule has 0 bridgehead atoms. The van der Waals surface area contributed by atoms with E-state index in [4.69, 9.17) is 0 Å². The van der Waals surface area contributed by atoms with Crippen molar-refractivity contribution in [3.63, 3.8) is 0 Å². The summed E-state index contributed by atoms with van der Waals surface area (Å²) in [6.45, 7) is 3.25. The zero-order valence-electron chi connectivity index (χ0n) is 8.24. The van der Waals surface area contributed by atoms with E-state index in [0.29, 0.717) is 11.4 Å². The number of hydrogen-bond donors (Lipinski definition) is 2. The molecule has 0 aromatic heterocycles. The average Bonchev–Trinajstić information content (AvgIpc) is 2.07. The fourth-order valence-electron chi connectivity index (χ4n) is 1.13. The molecule has 0 unspecified atom stereocenters. The normalized spacial score (nSPS) is 11.1. The number of rotatable bonds is 3. The smallest absolute Gasteiger partial charge is 0.154 e. The number of nitrogens with one attached hydrogen (secondary N) is 1. The van der Waals surface area contributed by atoms with Crippen LogP contribution in [0.1, 0.15) is 13.8 Å². The zero-order valence-corrected chi connectivity index (χ0v) is 8.24. The lowest BCUT2D eigenvalue weighted by Crippen LogP contribution is -1.98. The van der Waals surface area contributed by atoms with Crippen LogP contribution < -0.4 is 5.32 Å². The number of phenolic OH excluding ortho intramolecular Hbond substituents is 1. The maximum absolute atomic E-state index is 10.8. The average molecular weight is 191 g/mol. The molecule has 2 N–H and O–H groups in total. The second-order valence-electron chi connectivity index (χ2n) is 3.08. The van der Waals surface area contributed by atoms with E-state index in [0.717, 1.165) is 0 Å². The topological polar surface area (TPSA) is 49.3 Å². The Morgan fingerprint density at radius 2 is 2.00 bits per heavy atom. The Kier molecular flexibility index (Phi) is 3.29. The van der Waals surface area contributed by atoms with E-state index in [-0.39, 0.29) is 11.5 Å². The second-order valence-corrected chi connectivity index (χ2v) is 3.08. The molecule has 0 spiro atoms. The fraction of sp³-hybridized carbons (Fsp3) is 0.182. The van der Waals surface area contributed by atoms with Crippen LogP contribution in [0.5, 0.6) is 5.75 Å². The molecular weight excluding hydrogens is 178 g/mol. The molecule has 0 saturated heterocycles. The number of ketones is 1. The predicted molar refractivity (Wildman–Crippen MR) is 56.2 cm³/mol. The lowest BCUT2D eigenvalue weighted by atomic mass is 10.2. The molecule has 0 aliphatic carbocycles. The molecule has 3 heteroatoms. The lowest BCUT2D eigenvalue weighted by Gasteiger charge is -2.07. The highest BCUT2D eigenvalue weighted by molar-refractivity contribution is 5.88. The predicted octanol–water partition coefficient (Wildman–Crippen LogP) is 2.30. The monoisotopic (exact) mass is 191 g/mol. The molecule has 0 amide bonds. The minimum Gasteiger partial charge on any atom is -0.506 e. The van der Waals surface area contributed by atoms with Crippen molar-refractivity contribution < 1.29 is 9.90 Å². The number of phenols is 1. The van der Waals surface area contributed by atoms with Crippen LogP contribution in [0.2, 0.25) is 0 Å². The molecule has 1 aromatic carbocycles. The standard InChI is InChI=1S/C11H13NO2/c1-8(7-9(2)13)12-10-5-3-4-6-11(10)14/h3-7,12,14H,1-2H3/b8-7-. The summed E-state index contributed by atoms with van der Waals surface area (Å²) in [4.78, 5) is 10.8. The second kappa shape index (κ2) is 4.46. The summed E-state index contributed by atoms with van der Waals surface area (Å²) in [5.74, 6) is 0.147. The van der Waals surface area contributed by atoms with E-state index in [1.165, 1.54) is 13.0 Å². The van der Waals surface area contributed by atoms with Gasteiger partial charge in [-0.3, -0.25) is 4.79 Å². The third-order valence-corrected chi connectivity index (χ3v) is 1.66. The van der Waals surface area contributed by atoms with Gasteiger partial charge < -0.3 is 10.4 Å². The molecule has 0 heterocycles. The van der Waals surface area contributed by atoms with Crippen molar-refractivity contribution in [3.05, 3.63) is 36.0 Å².